The third-order valence-electron chi connectivity index (χ3n) is 4.56. The number of benzene rings is 1. The van der Waals surface area contributed by atoms with Crippen molar-refractivity contribution in [3.8, 4) is 0 Å². The summed E-state index contributed by atoms with van der Waals surface area (Å²) in [6.07, 6.45) is 1.42. The molecule has 2 amide bonds. The summed E-state index contributed by atoms with van der Waals surface area (Å²) in [4.78, 5) is 28.7. The minimum absolute atomic E-state index is 0.0511. The van der Waals surface area contributed by atoms with E-state index in [0.717, 1.165) is 23.2 Å². The molecule has 2 saturated heterocycles. The minimum atomic E-state index is -0.536. The summed E-state index contributed by atoms with van der Waals surface area (Å²) < 4.78 is 0. The average Bonchev–Trinajstić information content (AvgIpc) is 3.03. The highest BCUT2D eigenvalue weighted by Gasteiger charge is 2.41. The second-order valence-electron chi connectivity index (χ2n) is 6.51. The van der Waals surface area contributed by atoms with Crippen LogP contribution in [0.5, 0.6) is 0 Å². The molecule has 22 heavy (non-hydrogen) atoms. The molecule has 2 aliphatic rings. The van der Waals surface area contributed by atoms with Gasteiger partial charge in [0.25, 0.3) is 0 Å². The number of carbonyl (C=O) groups is 2. The second kappa shape index (κ2) is 5.72. The largest absolute Gasteiger partial charge is 0.340 e. The van der Waals surface area contributed by atoms with Gasteiger partial charge < -0.3 is 15.5 Å². The highest BCUT2D eigenvalue weighted by molar-refractivity contribution is 6.09. The maximum Gasteiger partial charge on any atom is 0.239 e. The first-order valence-corrected chi connectivity index (χ1v) is 7.90. The summed E-state index contributed by atoms with van der Waals surface area (Å²) in [7, 11) is 0. The maximum atomic E-state index is 12.7. The first-order chi connectivity index (χ1) is 10.5. The molecular formula is C17H23N3O2. The Balaban J connectivity index is 1.76. The van der Waals surface area contributed by atoms with Crippen molar-refractivity contribution < 1.29 is 9.59 Å². The smallest absolute Gasteiger partial charge is 0.239 e. The van der Waals surface area contributed by atoms with E-state index in [1.54, 1.807) is 9.80 Å². The van der Waals surface area contributed by atoms with E-state index in [4.69, 9.17) is 5.73 Å². The van der Waals surface area contributed by atoms with Crippen molar-refractivity contribution in [2.75, 3.05) is 24.5 Å². The SMILES string of the molecule is Cc1cc(C)cc(N2CC[C@H](C(=O)N3CC[C@@H](N)C3)C2=O)c1. The van der Waals surface area contributed by atoms with Gasteiger partial charge in [-0.15, -0.1) is 0 Å². The fraction of sp³-hybridized carbons (Fsp3) is 0.529. The predicted octanol–water partition coefficient (Wildman–Crippen LogP) is 1.22. The van der Waals surface area contributed by atoms with Crippen LogP contribution in [0.1, 0.15) is 24.0 Å². The average molecular weight is 301 g/mol. The van der Waals surface area contributed by atoms with Gasteiger partial charge in [-0.1, -0.05) is 6.07 Å². The Morgan fingerprint density at radius 3 is 2.41 bits per heavy atom. The Morgan fingerprint density at radius 2 is 1.82 bits per heavy atom. The van der Waals surface area contributed by atoms with Crippen molar-refractivity contribution in [2.45, 2.75) is 32.7 Å². The topological polar surface area (TPSA) is 66.6 Å². The Morgan fingerprint density at radius 1 is 1.14 bits per heavy atom. The zero-order chi connectivity index (χ0) is 15.9. The number of carbonyl (C=O) groups excluding carboxylic acids is 2. The molecule has 1 aromatic rings. The molecule has 2 aliphatic heterocycles. The first-order valence-electron chi connectivity index (χ1n) is 7.90. The molecule has 0 bridgehead atoms. The van der Waals surface area contributed by atoms with Crippen LogP contribution in [0.2, 0.25) is 0 Å². The van der Waals surface area contributed by atoms with E-state index in [2.05, 4.69) is 6.07 Å². The molecule has 0 radical (unpaired) electrons. The Bertz CT molecular complexity index is 594. The molecule has 3 rings (SSSR count). The molecule has 2 heterocycles. The molecule has 1 aromatic carbocycles. The highest BCUT2D eigenvalue weighted by atomic mass is 16.2. The van der Waals surface area contributed by atoms with Crippen molar-refractivity contribution in [1.82, 2.24) is 4.90 Å². The number of anilines is 1. The third-order valence-corrected chi connectivity index (χ3v) is 4.56. The fourth-order valence-corrected chi connectivity index (χ4v) is 3.48. The summed E-state index contributed by atoms with van der Waals surface area (Å²) in [6, 6.07) is 6.14. The molecule has 2 atom stereocenters. The van der Waals surface area contributed by atoms with Crippen LogP contribution in [0.4, 0.5) is 5.69 Å². The number of nitrogens with zero attached hydrogens (tertiary/aromatic N) is 2. The Hall–Kier alpha value is -1.88. The zero-order valence-electron chi connectivity index (χ0n) is 13.2. The van der Waals surface area contributed by atoms with Crippen LogP contribution < -0.4 is 10.6 Å². The molecule has 0 spiro atoms. The van der Waals surface area contributed by atoms with Crippen molar-refractivity contribution in [2.24, 2.45) is 11.7 Å². The number of amides is 2. The van der Waals surface area contributed by atoms with E-state index < -0.39 is 5.92 Å². The third kappa shape index (κ3) is 2.73. The van der Waals surface area contributed by atoms with Gasteiger partial charge in [0.15, 0.2) is 0 Å². The van der Waals surface area contributed by atoms with Gasteiger partial charge in [-0.05, 0) is 49.9 Å². The molecule has 2 N–H and O–H groups in total. The van der Waals surface area contributed by atoms with E-state index >= 15 is 0 Å². The van der Waals surface area contributed by atoms with Gasteiger partial charge in [0.05, 0.1) is 0 Å². The van der Waals surface area contributed by atoms with E-state index in [-0.39, 0.29) is 17.9 Å². The van der Waals surface area contributed by atoms with Crippen molar-refractivity contribution in [1.29, 1.82) is 0 Å². The van der Waals surface area contributed by atoms with Crippen LogP contribution in [0.3, 0.4) is 0 Å². The van der Waals surface area contributed by atoms with E-state index in [9.17, 15) is 9.59 Å². The van der Waals surface area contributed by atoms with Gasteiger partial charge in [0.2, 0.25) is 11.8 Å². The number of likely N-dealkylation sites (tertiary alicyclic amines) is 1. The molecule has 0 aromatic heterocycles. The lowest BCUT2D eigenvalue weighted by Crippen LogP contribution is -2.40. The lowest BCUT2D eigenvalue weighted by Gasteiger charge is -2.21. The number of hydrogen-bond donors (Lipinski definition) is 1. The number of hydrogen-bond acceptors (Lipinski definition) is 3. The summed E-state index contributed by atoms with van der Waals surface area (Å²) in [5.74, 6) is -0.661. The van der Waals surface area contributed by atoms with Gasteiger partial charge in [-0.25, -0.2) is 0 Å². The van der Waals surface area contributed by atoms with Crippen LogP contribution >= 0.6 is 0 Å². The van der Waals surface area contributed by atoms with Crippen molar-refractivity contribution >= 4 is 17.5 Å². The first kappa shape index (κ1) is 15.0. The molecule has 0 saturated carbocycles. The summed E-state index contributed by atoms with van der Waals surface area (Å²) in [5.41, 5.74) is 9.01. The van der Waals surface area contributed by atoms with E-state index in [1.165, 1.54) is 0 Å². The maximum absolute atomic E-state index is 12.7. The molecule has 5 nitrogen and oxygen atoms in total. The summed E-state index contributed by atoms with van der Waals surface area (Å²) >= 11 is 0. The van der Waals surface area contributed by atoms with Crippen LogP contribution in [-0.4, -0.2) is 42.4 Å². The van der Waals surface area contributed by atoms with Gasteiger partial charge in [0.1, 0.15) is 5.92 Å². The van der Waals surface area contributed by atoms with Crippen LogP contribution in [0, 0.1) is 19.8 Å². The van der Waals surface area contributed by atoms with E-state index in [1.807, 2.05) is 26.0 Å². The molecule has 2 fully saturated rings. The van der Waals surface area contributed by atoms with Gasteiger partial charge in [-0.2, -0.15) is 0 Å². The van der Waals surface area contributed by atoms with Crippen molar-refractivity contribution in [3.63, 3.8) is 0 Å². The molecule has 5 heteroatoms. The van der Waals surface area contributed by atoms with Crippen LogP contribution in [0.15, 0.2) is 18.2 Å². The van der Waals surface area contributed by atoms with Crippen LogP contribution in [0.25, 0.3) is 0 Å². The zero-order valence-corrected chi connectivity index (χ0v) is 13.2. The molecule has 118 valence electrons. The standard InChI is InChI=1S/C17H23N3O2/c1-11-7-12(2)9-14(8-11)20-6-4-15(17(20)22)16(21)19-5-3-13(18)10-19/h7-9,13,15H,3-6,10,18H2,1-2H3/t13-,15-/m1/s1. The predicted molar refractivity (Wildman–Crippen MR) is 85.5 cm³/mol. The monoisotopic (exact) mass is 301 g/mol. The highest BCUT2D eigenvalue weighted by Crippen LogP contribution is 2.28. The quantitative estimate of drug-likeness (QED) is 0.835. The minimum Gasteiger partial charge on any atom is -0.340 e. The molecule has 0 aliphatic carbocycles. The summed E-state index contributed by atoms with van der Waals surface area (Å²) in [5, 5.41) is 0. The number of aryl methyl sites for hydroxylation is 2. The second-order valence-corrected chi connectivity index (χ2v) is 6.51. The Labute approximate surface area is 131 Å². The lowest BCUT2D eigenvalue weighted by atomic mass is 10.1. The van der Waals surface area contributed by atoms with Crippen molar-refractivity contribution in [3.05, 3.63) is 29.3 Å². The van der Waals surface area contributed by atoms with Gasteiger partial charge >= 0.3 is 0 Å². The van der Waals surface area contributed by atoms with Gasteiger partial charge in [0, 0.05) is 31.4 Å². The van der Waals surface area contributed by atoms with Crippen LogP contribution in [-0.2, 0) is 9.59 Å². The number of nitrogens with two attached hydrogens (primary N) is 1. The Kier molecular flexibility index (Phi) is 3.91. The van der Waals surface area contributed by atoms with Gasteiger partial charge in [-0.3, -0.25) is 9.59 Å². The van der Waals surface area contributed by atoms with E-state index in [0.29, 0.717) is 26.1 Å². The normalized spacial score (nSPS) is 25.1. The summed E-state index contributed by atoms with van der Waals surface area (Å²) in [6.45, 7) is 5.90. The lowest BCUT2D eigenvalue weighted by molar-refractivity contribution is -0.139. The molecular weight excluding hydrogens is 278 g/mol. The number of rotatable bonds is 2. The fourth-order valence-electron chi connectivity index (χ4n) is 3.48. The molecule has 0 unspecified atom stereocenters.